The second kappa shape index (κ2) is 5.54. The van der Waals surface area contributed by atoms with Crippen molar-refractivity contribution in [3.05, 3.63) is 38.7 Å². The Morgan fingerprint density at radius 2 is 1.86 bits per heavy atom. The van der Waals surface area contributed by atoms with Crippen LogP contribution in [0.4, 0.5) is 0 Å². The maximum Gasteiger partial charge on any atom is -1.00 e. The average molecular weight is 360 g/mol. The molecule has 0 saturated carbocycles. The molecule has 0 radical (unpaired) electrons. The van der Waals surface area contributed by atoms with Crippen LogP contribution in [0.2, 0.25) is 0 Å². The minimum absolute atomic E-state index is 0. The van der Waals surface area contributed by atoms with Crippen molar-refractivity contribution in [2.45, 2.75) is 19.3 Å². The Labute approximate surface area is 97.7 Å². The topological polar surface area (TPSA) is 0 Å². The molecular formula is C11H11F2Hf. The smallest absolute Gasteiger partial charge is 1.00 e. The van der Waals surface area contributed by atoms with Crippen LogP contribution in [0.15, 0.2) is 27.6 Å². The summed E-state index contributed by atoms with van der Waals surface area (Å²) < 4.78 is 1.65. The third-order valence-corrected chi connectivity index (χ3v) is 4.24. The predicted octanol–water partition coefficient (Wildman–Crippen LogP) is -2.91. The van der Waals surface area contributed by atoms with E-state index in [1.54, 1.807) is 8.89 Å². The average Bonchev–Trinajstić information content (AvgIpc) is 2.40. The summed E-state index contributed by atoms with van der Waals surface area (Å²) in [6, 6.07) is 8.77. The first-order chi connectivity index (χ1) is 5.83. The molecule has 2 rings (SSSR count). The second-order valence-corrected chi connectivity index (χ2v) is 5.26. The van der Waals surface area contributed by atoms with E-state index in [2.05, 4.69) is 37.3 Å². The first-order valence-electron chi connectivity index (χ1n) is 4.35. The fourth-order valence-electron chi connectivity index (χ4n) is 1.84. The molecule has 0 fully saturated rings. The van der Waals surface area contributed by atoms with Gasteiger partial charge in [-0.1, -0.05) is 0 Å². The molecule has 0 N–H and O–H groups in total. The van der Waals surface area contributed by atoms with Gasteiger partial charge in [-0.15, -0.1) is 0 Å². The normalized spacial score (nSPS) is 17.6. The van der Waals surface area contributed by atoms with Crippen LogP contribution in [-0.4, -0.2) is 0 Å². The zero-order valence-corrected chi connectivity index (χ0v) is 11.5. The molecule has 0 saturated heterocycles. The Bertz CT molecular complexity index is 334. The zero-order chi connectivity index (χ0) is 8.55. The molecule has 1 unspecified atom stereocenters. The molecule has 1 aliphatic carbocycles. The van der Waals surface area contributed by atoms with E-state index in [0.29, 0.717) is 0 Å². The summed E-state index contributed by atoms with van der Waals surface area (Å²) in [6.07, 6.45) is 3.63. The van der Waals surface area contributed by atoms with Gasteiger partial charge in [-0.05, 0) is 0 Å². The SMILES string of the molecule is CCC1[C]([Hf+2])=Cc2ccccc21.[F-].[F-]. The summed E-state index contributed by atoms with van der Waals surface area (Å²) in [5.41, 5.74) is 3.00. The zero-order valence-electron chi connectivity index (χ0n) is 7.93. The number of hydrogen-bond acceptors (Lipinski definition) is 0. The van der Waals surface area contributed by atoms with Crippen LogP contribution in [0.25, 0.3) is 6.08 Å². The number of hydrogen-bond donors (Lipinski definition) is 0. The van der Waals surface area contributed by atoms with Gasteiger partial charge in [0.1, 0.15) is 0 Å². The number of allylic oxidation sites excluding steroid dienone is 1. The maximum atomic E-state index is 2.37. The minimum Gasteiger partial charge on any atom is -1.00 e. The molecule has 1 aliphatic rings. The first kappa shape index (κ1) is 13.7. The Hall–Kier alpha value is -0.310. The largest absolute Gasteiger partial charge is 1.00 e. The van der Waals surface area contributed by atoms with Crippen LogP contribution in [0, 0.1) is 0 Å². The van der Waals surface area contributed by atoms with E-state index >= 15 is 0 Å². The van der Waals surface area contributed by atoms with E-state index in [4.69, 9.17) is 0 Å². The van der Waals surface area contributed by atoms with E-state index in [1.807, 2.05) is 0 Å². The molecule has 3 heteroatoms. The third kappa shape index (κ3) is 2.19. The standard InChI is InChI=1S/C11H11.2FH.Hf/c1-2-9-7-8-10-5-3-4-6-11(9)10;;;/h3-6,8-9H,2H2,1H3;2*1H;/q;;;+2/p-2. The Balaban J connectivity index is 0.000000845. The van der Waals surface area contributed by atoms with Gasteiger partial charge in [0.2, 0.25) is 0 Å². The summed E-state index contributed by atoms with van der Waals surface area (Å²) in [5, 5.41) is 0. The van der Waals surface area contributed by atoms with Crippen LogP contribution in [-0.2, 0) is 24.4 Å². The van der Waals surface area contributed by atoms with Gasteiger partial charge in [0.05, 0.1) is 0 Å². The van der Waals surface area contributed by atoms with Crippen molar-refractivity contribution in [2.24, 2.45) is 0 Å². The number of rotatable bonds is 1. The van der Waals surface area contributed by atoms with Gasteiger partial charge in [-0.3, -0.25) is 0 Å². The number of fused-ring (bicyclic) bond motifs is 1. The van der Waals surface area contributed by atoms with Gasteiger partial charge in [0.25, 0.3) is 0 Å². The molecule has 0 aliphatic heterocycles. The van der Waals surface area contributed by atoms with Crippen molar-refractivity contribution >= 4 is 6.08 Å². The van der Waals surface area contributed by atoms with E-state index in [-0.39, 0.29) is 9.41 Å². The van der Waals surface area contributed by atoms with Crippen LogP contribution >= 0.6 is 0 Å². The Morgan fingerprint density at radius 3 is 2.50 bits per heavy atom. The van der Waals surface area contributed by atoms with Gasteiger partial charge in [0.15, 0.2) is 0 Å². The number of halogens is 2. The monoisotopic (exact) mass is 361 g/mol. The predicted molar refractivity (Wildman–Crippen MR) is 47.5 cm³/mol. The van der Waals surface area contributed by atoms with Crippen molar-refractivity contribution in [3.8, 4) is 0 Å². The van der Waals surface area contributed by atoms with Crippen LogP contribution in [0.1, 0.15) is 30.4 Å². The van der Waals surface area contributed by atoms with Gasteiger partial charge in [-0.25, -0.2) is 0 Å². The molecule has 0 nitrogen and oxygen atoms in total. The van der Waals surface area contributed by atoms with Gasteiger partial charge in [-0.2, -0.15) is 0 Å². The Kier molecular flexibility index (Phi) is 5.42. The molecular weight excluding hydrogens is 349 g/mol. The summed E-state index contributed by atoms with van der Waals surface area (Å²) in [4.78, 5) is 0. The molecule has 0 bridgehead atoms. The van der Waals surface area contributed by atoms with Gasteiger partial charge < -0.3 is 9.41 Å². The third-order valence-electron chi connectivity index (χ3n) is 2.47. The molecule has 0 spiro atoms. The van der Waals surface area contributed by atoms with Gasteiger partial charge in [0, 0.05) is 0 Å². The van der Waals surface area contributed by atoms with Crippen LogP contribution in [0.3, 0.4) is 0 Å². The molecule has 14 heavy (non-hydrogen) atoms. The van der Waals surface area contributed by atoms with Crippen molar-refractivity contribution in [2.75, 3.05) is 0 Å². The maximum absolute atomic E-state index is 2.37. The summed E-state index contributed by atoms with van der Waals surface area (Å²) in [6.45, 7) is 2.28. The van der Waals surface area contributed by atoms with Crippen molar-refractivity contribution in [3.63, 3.8) is 0 Å². The summed E-state index contributed by atoms with van der Waals surface area (Å²) in [5.74, 6) is 0.743. The minimum atomic E-state index is 0. The second-order valence-electron chi connectivity index (χ2n) is 3.19. The quantitative estimate of drug-likeness (QED) is 0.472. The van der Waals surface area contributed by atoms with E-state index < -0.39 is 0 Å². The van der Waals surface area contributed by atoms with Crippen molar-refractivity contribution in [1.82, 2.24) is 0 Å². The van der Waals surface area contributed by atoms with E-state index in [1.165, 1.54) is 36.4 Å². The molecule has 1 aromatic carbocycles. The van der Waals surface area contributed by atoms with E-state index in [0.717, 1.165) is 5.92 Å². The molecule has 0 aromatic heterocycles. The molecule has 0 heterocycles. The van der Waals surface area contributed by atoms with E-state index in [9.17, 15) is 0 Å². The fraction of sp³-hybridized carbons (Fsp3) is 0.273. The van der Waals surface area contributed by atoms with Crippen molar-refractivity contribution in [1.29, 1.82) is 0 Å². The van der Waals surface area contributed by atoms with Crippen molar-refractivity contribution < 1.29 is 33.8 Å². The van der Waals surface area contributed by atoms with Crippen LogP contribution in [0.5, 0.6) is 0 Å². The molecule has 0 amide bonds. The summed E-state index contributed by atoms with van der Waals surface area (Å²) in [7, 11) is 0. The Morgan fingerprint density at radius 1 is 1.21 bits per heavy atom. The molecule has 73 valence electrons. The molecule has 1 aromatic rings. The van der Waals surface area contributed by atoms with Gasteiger partial charge >= 0.3 is 88.4 Å². The fourth-order valence-corrected chi connectivity index (χ4v) is 3.69. The first-order valence-corrected chi connectivity index (χ1v) is 6.14. The number of benzene rings is 1. The summed E-state index contributed by atoms with van der Waals surface area (Å²) >= 11 is 1.21. The molecule has 1 atom stereocenters. The van der Waals surface area contributed by atoms with Crippen LogP contribution < -0.4 is 9.41 Å².